The lowest BCUT2D eigenvalue weighted by molar-refractivity contribution is 0.587. The molecule has 2 rings (SSSR count). The fraction of sp³-hybridized carbons (Fsp3) is 0.357. The average Bonchev–Trinajstić information content (AvgIpc) is 2.76. The second-order valence-corrected chi connectivity index (χ2v) is 6.14. The van der Waals surface area contributed by atoms with E-state index in [2.05, 4.69) is 56.7 Å². The van der Waals surface area contributed by atoms with Gasteiger partial charge in [-0.1, -0.05) is 34.1 Å². The van der Waals surface area contributed by atoms with Crippen molar-refractivity contribution in [3.8, 4) is 0 Å². The number of benzene rings is 1. The second-order valence-electron chi connectivity index (χ2n) is 4.41. The number of nitrogens with zero attached hydrogens (tertiary/aromatic N) is 1. The summed E-state index contributed by atoms with van der Waals surface area (Å²) in [7, 11) is 2.00. The first kappa shape index (κ1) is 13.7. The van der Waals surface area contributed by atoms with Crippen molar-refractivity contribution < 1.29 is 0 Å². The lowest BCUT2D eigenvalue weighted by Crippen LogP contribution is -2.19. The molecule has 0 amide bonds. The van der Waals surface area contributed by atoms with E-state index in [9.17, 15) is 0 Å². The fourth-order valence-electron chi connectivity index (χ4n) is 1.98. The van der Waals surface area contributed by atoms with Crippen LogP contribution in [0.4, 0.5) is 0 Å². The standard InChI is InChI=1S/C14H17BrN2S/c1-9-5-4-6-11(14(9)15)12(16-3)7-13-17-10(2)8-18-13/h4-6,8,12,16H,7H2,1-3H3. The summed E-state index contributed by atoms with van der Waals surface area (Å²) in [5, 5.41) is 6.67. The van der Waals surface area contributed by atoms with Crippen molar-refractivity contribution >= 4 is 27.3 Å². The van der Waals surface area contributed by atoms with Gasteiger partial charge in [0.25, 0.3) is 0 Å². The minimum absolute atomic E-state index is 0.296. The number of rotatable bonds is 4. The summed E-state index contributed by atoms with van der Waals surface area (Å²) >= 11 is 5.41. The van der Waals surface area contributed by atoms with E-state index in [-0.39, 0.29) is 0 Å². The van der Waals surface area contributed by atoms with Crippen molar-refractivity contribution in [3.05, 3.63) is 49.9 Å². The van der Waals surface area contributed by atoms with Crippen LogP contribution in [0.2, 0.25) is 0 Å². The molecule has 0 bridgehead atoms. The van der Waals surface area contributed by atoms with Crippen LogP contribution in [0.3, 0.4) is 0 Å². The highest BCUT2D eigenvalue weighted by Crippen LogP contribution is 2.29. The highest BCUT2D eigenvalue weighted by Gasteiger charge is 2.15. The molecule has 0 aliphatic heterocycles. The van der Waals surface area contributed by atoms with E-state index in [1.165, 1.54) is 20.6 Å². The maximum Gasteiger partial charge on any atom is 0.0947 e. The van der Waals surface area contributed by atoms with Crippen molar-refractivity contribution in [2.75, 3.05) is 7.05 Å². The average molecular weight is 325 g/mol. The summed E-state index contributed by atoms with van der Waals surface area (Å²) in [6.07, 6.45) is 0.928. The molecule has 18 heavy (non-hydrogen) atoms. The Bertz CT molecular complexity index is 536. The van der Waals surface area contributed by atoms with Crippen LogP contribution in [0, 0.1) is 13.8 Å². The van der Waals surface area contributed by atoms with Crippen LogP contribution in [0.25, 0.3) is 0 Å². The number of halogens is 1. The van der Waals surface area contributed by atoms with Gasteiger partial charge in [-0.15, -0.1) is 11.3 Å². The molecule has 1 aromatic carbocycles. The van der Waals surface area contributed by atoms with Crippen LogP contribution in [-0.2, 0) is 6.42 Å². The molecule has 0 saturated carbocycles. The van der Waals surface area contributed by atoms with Crippen molar-refractivity contribution in [2.45, 2.75) is 26.3 Å². The molecule has 1 atom stereocenters. The molecule has 0 fully saturated rings. The zero-order valence-corrected chi connectivity index (χ0v) is 13.2. The van der Waals surface area contributed by atoms with E-state index in [1.54, 1.807) is 11.3 Å². The lowest BCUT2D eigenvalue weighted by Gasteiger charge is -2.18. The predicted molar refractivity (Wildman–Crippen MR) is 81.2 cm³/mol. The Hall–Kier alpha value is -0.710. The predicted octanol–water partition coefficient (Wildman–Crippen LogP) is 4.03. The summed E-state index contributed by atoms with van der Waals surface area (Å²) < 4.78 is 1.19. The monoisotopic (exact) mass is 324 g/mol. The van der Waals surface area contributed by atoms with E-state index in [0.717, 1.165) is 12.1 Å². The van der Waals surface area contributed by atoms with Gasteiger partial charge in [0, 0.05) is 28.0 Å². The number of thiazole rings is 1. The van der Waals surface area contributed by atoms with Gasteiger partial charge in [-0.3, -0.25) is 0 Å². The van der Waals surface area contributed by atoms with Gasteiger partial charge in [0.05, 0.1) is 5.01 Å². The molecule has 1 aromatic heterocycles. The largest absolute Gasteiger partial charge is 0.313 e. The van der Waals surface area contributed by atoms with Crippen molar-refractivity contribution in [1.29, 1.82) is 0 Å². The molecular weight excluding hydrogens is 308 g/mol. The first-order chi connectivity index (χ1) is 8.61. The number of nitrogens with one attached hydrogen (secondary N) is 1. The molecule has 0 aliphatic rings. The first-order valence-electron chi connectivity index (χ1n) is 5.95. The molecular formula is C14H17BrN2S. The van der Waals surface area contributed by atoms with Crippen LogP contribution in [0.5, 0.6) is 0 Å². The molecule has 2 nitrogen and oxygen atoms in total. The molecule has 0 aliphatic carbocycles. The molecule has 1 N–H and O–H groups in total. The van der Waals surface area contributed by atoms with E-state index in [4.69, 9.17) is 0 Å². The van der Waals surface area contributed by atoms with Gasteiger partial charge in [-0.25, -0.2) is 4.98 Å². The highest BCUT2D eigenvalue weighted by molar-refractivity contribution is 9.10. The zero-order valence-electron chi connectivity index (χ0n) is 10.8. The Balaban J connectivity index is 2.25. The quantitative estimate of drug-likeness (QED) is 0.918. The number of aryl methyl sites for hydroxylation is 2. The Morgan fingerprint density at radius 1 is 1.39 bits per heavy atom. The highest BCUT2D eigenvalue weighted by atomic mass is 79.9. The van der Waals surface area contributed by atoms with Gasteiger partial charge in [0.15, 0.2) is 0 Å². The van der Waals surface area contributed by atoms with Gasteiger partial charge >= 0.3 is 0 Å². The summed E-state index contributed by atoms with van der Waals surface area (Å²) in [6.45, 7) is 4.16. The van der Waals surface area contributed by atoms with E-state index < -0.39 is 0 Å². The smallest absolute Gasteiger partial charge is 0.0947 e. The third-order valence-corrected chi connectivity index (χ3v) is 5.06. The van der Waals surface area contributed by atoms with Crippen molar-refractivity contribution in [1.82, 2.24) is 10.3 Å². The molecule has 96 valence electrons. The zero-order chi connectivity index (χ0) is 13.1. The Morgan fingerprint density at radius 3 is 2.78 bits per heavy atom. The summed E-state index contributed by atoms with van der Waals surface area (Å²) in [6, 6.07) is 6.68. The summed E-state index contributed by atoms with van der Waals surface area (Å²) in [5.41, 5.74) is 3.67. The molecule has 2 aromatic rings. The van der Waals surface area contributed by atoms with Gasteiger partial charge in [-0.05, 0) is 32.0 Å². The lowest BCUT2D eigenvalue weighted by atomic mass is 10.0. The maximum atomic E-state index is 4.54. The first-order valence-corrected chi connectivity index (χ1v) is 7.62. The fourth-order valence-corrected chi connectivity index (χ4v) is 3.34. The van der Waals surface area contributed by atoms with Crippen molar-refractivity contribution in [3.63, 3.8) is 0 Å². The maximum absolute atomic E-state index is 4.54. The molecule has 0 spiro atoms. The van der Waals surface area contributed by atoms with E-state index >= 15 is 0 Å². The Labute approximate surface area is 121 Å². The van der Waals surface area contributed by atoms with Gasteiger partial charge in [0.1, 0.15) is 0 Å². The Kier molecular flexibility index (Phi) is 4.54. The third kappa shape index (κ3) is 2.99. The normalized spacial score (nSPS) is 12.7. The number of aromatic nitrogens is 1. The third-order valence-electron chi connectivity index (χ3n) is 2.99. The molecule has 4 heteroatoms. The van der Waals surface area contributed by atoms with Crippen molar-refractivity contribution in [2.24, 2.45) is 0 Å². The van der Waals surface area contributed by atoms with Crippen LogP contribution in [0.15, 0.2) is 28.1 Å². The molecule has 0 radical (unpaired) electrons. The van der Waals surface area contributed by atoms with E-state index in [0.29, 0.717) is 6.04 Å². The summed E-state index contributed by atoms with van der Waals surface area (Å²) in [5.74, 6) is 0. The van der Waals surface area contributed by atoms with Gasteiger partial charge in [-0.2, -0.15) is 0 Å². The van der Waals surface area contributed by atoms with Crippen LogP contribution in [0.1, 0.15) is 27.9 Å². The second kappa shape index (κ2) is 5.95. The molecule has 0 saturated heterocycles. The number of hydrogen-bond acceptors (Lipinski definition) is 3. The van der Waals surface area contributed by atoms with E-state index in [1.807, 2.05) is 14.0 Å². The minimum Gasteiger partial charge on any atom is -0.313 e. The molecule has 1 heterocycles. The van der Waals surface area contributed by atoms with Gasteiger partial charge < -0.3 is 5.32 Å². The van der Waals surface area contributed by atoms with Gasteiger partial charge in [0.2, 0.25) is 0 Å². The number of hydrogen-bond donors (Lipinski definition) is 1. The SMILES string of the molecule is CNC(Cc1nc(C)cs1)c1cccc(C)c1Br. The molecule has 1 unspecified atom stereocenters. The Morgan fingerprint density at radius 2 is 2.17 bits per heavy atom. The number of likely N-dealkylation sites (N-methyl/N-ethyl adjacent to an activating group) is 1. The van der Waals surface area contributed by atoms with Crippen LogP contribution < -0.4 is 5.32 Å². The summed E-state index contributed by atoms with van der Waals surface area (Å²) in [4.78, 5) is 4.54. The van der Waals surface area contributed by atoms with Crippen LogP contribution >= 0.6 is 27.3 Å². The minimum atomic E-state index is 0.296. The van der Waals surface area contributed by atoms with Crippen LogP contribution in [-0.4, -0.2) is 12.0 Å². The topological polar surface area (TPSA) is 24.9 Å².